The van der Waals surface area contributed by atoms with Gasteiger partial charge in [-0.15, -0.1) is 0 Å². The molecule has 0 saturated carbocycles. The van der Waals surface area contributed by atoms with Crippen LogP contribution in [0, 0.1) is 0 Å². The second-order valence-corrected chi connectivity index (χ2v) is 9.46. The van der Waals surface area contributed by atoms with Crippen LogP contribution in [0.3, 0.4) is 0 Å². The maximum atomic E-state index is 13.1. The topological polar surface area (TPSA) is 86.7 Å². The van der Waals surface area contributed by atoms with Crippen LogP contribution in [-0.4, -0.2) is 50.3 Å². The first-order chi connectivity index (χ1) is 14.5. The predicted molar refractivity (Wildman–Crippen MR) is 120 cm³/mol. The van der Waals surface area contributed by atoms with Gasteiger partial charge in [0.05, 0.1) is 4.90 Å². The van der Waals surface area contributed by atoms with Gasteiger partial charge in [-0.2, -0.15) is 4.31 Å². The summed E-state index contributed by atoms with van der Waals surface area (Å²) in [5.74, 6) is 0.613. The van der Waals surface area contributed by atoms with Crippen molar-refractivity contribution in [3.63, 3.8) is 0 Å². The zero-order valence-electron chi connectivity index (χ0n) is 17.1. The molecule has 1 aromatic carbocycles. The number of hydrogen-bond donors (Lipinski definition) is 2. The lowest BCUT2D eigenvalue weighted by Gasteiger charge is -2.27. The highest BCUT2D eigenvalue weighted by atomic mass is 35.5. The molecule has 9 heteroatoms. The van der Waals surface area contributed by atoms with Crippen LogP contribution >= 0.6 is 11.6 Å². The monoisotopic (exact) mass is 449 g/mol. The van der Waals surface area contributed by atoms with Gasteiger partial charge in [0.1, 0.15) is 5.15 Å². The maximum absolute atomic E-state index is 13.1. The fourth-order valence-corrected chi connectivity index (χ4v) is 5.28. The number of aliphatic imine (C=N–C) groups is 1. The lowest BCUT2D eigenvalue weighted by Crippen LogP contribution is -2.39. The Morgan fingerprint density at radius 2 is 1.90 bits per heavy atom. The average molecular weight is 450 g/mol. The molecule has 1 aliphatic heterocycles. The van der Waals surface area contributed by atoms with Crippen LogP contribution in [0.5, 0.6) is 0 Å². The van der Waals surface area contributed by atoms with Gasteiger partial charge in [-0.05, 0) is 42.5 Å². The fraction of sp³-hybridized carbons (Fsp3) is 0.429. The van der Waals surface area contributed by atoms with Gasteiger partial charge < -0.3 is 10.6 Å². The first kappa shape index (κ1) is 22.5. The molecular formula is C21H28ClN5O2S. The van der Waals surface area contributed by atoms with Gasteiger partial charge in [0.15, 0.2) is 5.96 Å². The van der Waals surface area contributed by atoms with Gasteiger partial charge in [-0.1, -0.05) is 42.3 Å². The van der Waals surface area contributed by atoms with Crippen molar-refractivity contribution >= 4 is 27.6 Å². The molecule has 162 valence electrons. The number of aromatic nitrogens is 1. The normalized spacial score (nSPS) is 15.7. The third kappa shape index (κ3) is 5.93. The summed E-state index contributed by atoms with van der Waals surface area (Å²) in [6.45, 7) is 2.21. The summed E-state index contributed by atoms with van der Waals surface area (Å²) in [5.41, 5.74) is 1.80. The highest BCUT2D eigenvalue weighted by Gasteiger charge is 2.27. The molecule has 0 unspecified atom stereocenters. The third-order valence-corrected chi connectivity index (χ3v) is 7.29. The van der Waals surface area contributed by atoms with E-state index >= 15 is 0 Å². The Morgan fingerprint density at radius 1 is 1.13 bits per heavy atom. The smallest absolute Gasteiger partial charge is 0.243 e. The van der Waals surface area contributed by atoms with Crippen LogP contribution in [-0.2, 0) is 23.0 Å². The van der Waals surface area contributed by atoms with E-state index in [0.29, 0.717) is 42.2 Å². The number of pyridine rings is 1. The van der Waals surface area contributed by atoms with Gasteiger partial charge in [-0.3, -0.25) is 4.99 Å². The van der Waals surface area contributed by atoms with E-state index in [4.69, 9.17) is 11.6 Å². The molecule has 2 aromatic rings. The van der Waals surface area contributed by atoms with Gasteiger partial charge >= 0.3 is 0 Å². The Bertz CT molecular complexity index is 958. The molecule has 1 aliphatic rings. The lowest BCUT2D eigenvalue weighted by molar-refractivity contribution is 0.346. The minimum absolute atomic E-state index is 0.363. The number of hydrogen-bond acceptors (Lipinski definition) is 4. The van der Waals surface area contributed by atoms with Crippen LogP contribution < -0.4 is 10.6 Å². The first-order valence-electron chi connectivity index (χ1n) is 10.1. The molecule has 2 N–H and O–H groups in total. The fourth-order valence-electron chi connectivity index (χ4n) is 3.42. The Balaban J connectivity index is 1.59. The number of nitrogens with one attached hydrogen (secondary N) is 2. The first-order valence-corrected chi connectivity index (χ1v) is 12.0. The molecule has 0 bridgehead atoms. The van der Waals surface area contributed by atoms with Crippen molar-refractivity contribution in [1.29, 1.82) is 0 Å². The van der Waals surface area contributed by atoms with Crippen molar-refractivity contribution in [2.75, 3.05) is 26.7 Å². The van der Waals surface area contributed by atoms with Crippen molar-refractivity contribution in [1.82, 2.24) is 19.9 Å². The van der Waals surface area contributed by atoms with Crippen molar-refractivity contribution in [3.05, 3.63) is 58.9 Å². The molecule has 3 rings (SSSR count). The highest BCUT2D eigenvalue weighted by Crippen LogP contribution is 2.23. The number of halogens is 1. The van der Waals surface area contributed by atoms with E-state index in [9.17, 15) is 8.42 Å². The van der Waals surface area contributed by atoms with Crippen LogP contribution in [0.4, 0.5) is 0 Å². The zero-order valence-corrected chi connectivity index (χ0v) is 18.7. The lowest BCUT2D eigenvalue weighted by atomic mass is 10.2. The van der Waals surface area contributed by atoms with Crippen molar-refractivity contribution in [2.45, 2.75) is 37.1 Å². The molecule has 0 radical (unpaired) electrons. The van der Waals surface area contributed by atoms with E-state index in [0.717, 1.165) is 36.8 Å². The van der Waals surface area contributed by atoms with E-state index in [1.807, 2.05) is 18.2 Å². The Morgan fingerprint density at radius 3 is 2.60 bits per heavy atom. The van der Waals surface area contributed by atoms with Crippen LogP contribution in [0.2, 0.25) is 5.15 Å². The number of piperidine rings is 1. The zero-order chi connectivity index (χ0) is 21.4. The molecule has 0 aliphatic carbocycles. The standard InChI is InChI=1S/C21H28ClN5O2S/c1-23-21(24-12-11-17-9-10-20(22)25-15-17)26-16-18-7-3-4-8-19(18)30(28,29)27-13-5-2-6-14-27/h3-4,7-10,15H,2,5-6,11-14,16H2,1H3,(H2,23,24,26). The highest BCUT2D eigenvalue weighted by molar-refractivity contribution is 7.89. The largest absolute Gasteiger partial charge is 0.356 e. The van der Waals surface area contributed by atoms with Gasteiger partial charge in [0.2, 0.25) is 10.0 Å². The molecule has 30 heavy (non-hydrogen) atoms. The summed E-state index contributed by atoms with van der Waals surface area (Å²) in [6, 6.07) is 10.9. The van der Waals surface area contributed by atoms with E-state index < -0.39 is 10.0 Å². The van der Waals surface area contributed by atoms with Gasteiger partial charge in [-0.25, -0.2) is 13.4 Å². The van der Waals surface area contributed by atoms with Gasteiger partial charge in [0.25, 0.3) is 0 Å². The maximum Gasteiger partial charge on any atom is 0.243 e. The van der Waals surface area contributed by atoms with Crippen molar-refractivity contribution < 1.29 is 8.42 Å². The average Bonchev–Trinajstić information content (AvgIpc) is 2.78. The Labute approximate surface area is 183 Å². The number of guanidine groups is 1. The van der Waals surface area contributed by atoms with E-state index in [2.05, 4.69) is 20.6 Å². The SMILES string of the molecule is CN=C(NCCc1ccc(Cl)nc1)NCc1ccccc1S(=O)(=O)N1CCCCC1. The third-order valence-electron chi connectivity index (χ3n) is 5.07. The van der Waals surface area contributed by atoms with Gasteiger partial charge in [0, 0.05) is 39.4 Å². The minimum Gasteiger partial charge on any atom is -0.356 e. The number of rotatable bonds is 7. The molecule has 2 heterocycles. The summed E-state index contributed by atoms with van der Waals surface area (Å²) >= 11 is 5.81. The molecule has 1 aromatic heterocycles. The van der Waals surface area contributed by atoms with E-state index in [-0.39, 0.29) is 0 Å². The Kier molecular flexibility index (Phi) is 8.07. The molecule has 0 atom stereocenters. The molecule has 0 spiro atoms. The van der Waals surface area contributed by atoms with E-state index in [1.165, 1.54) is 0 Å². The predicted octanol–water partition coefficient (Wildman–Crippen LogP) is 2.82. The second-order valence-electron chi connectivity index (χ2n) is 7.16. The Hall–Kier alpha value is -2.16. The second kappa shape index (κ2) is 10.7. The molecular weight excluding hydrogens is 422 g/mol. The molecule has 1 fully saturated rings. The molecule has 0 amide bonds. The molecule has 1 saturated heterocycles. The summed E-state index contributed by atoms with van der Waals surface area (Å²) < 4.78 is 27.8. The van der Waals surface area contributed by atoms with Crippen molar-refractivity contribution in [3.8, 4) is 0 Å². The number of nitrogens with zero attached hydrogens (tertiary/aromatic N) is 3. The van der Waals surface area contributed by atoms with Crippen LogP contribution in [0.25, 0.3) is 0 Å². The van der Waals surface area contributed by atoms with Crippen LogP contribution in [0.15, 0.2) is 52.5 Å². The van der Waals surface area contributed by atoms with Crippen molar-refractivity contribution in [2.24, 2.45) is 4.99 Å². The van der Waals surface area contributed by atoms with Crippen LogP contribution in [0.1, 0.15) is 30.4 Å². The summed E-state index contributed by atoms with van der Waals surface area (Å²) in [7, 11) is -1.80. The summed E-state index contributed by atoms with van der Waals surface area (Å²) in [5, 5.41) is 6.93. The minimum atomic E-state index is -3.49. The quantitative estimate of drug-likeness (QED) is 0.385. The van der Waals surface area contributed by atoms with E-state index in [1.54, 1.807) is 35.7 Å². The number of sulfonamides is 1. The summed E-state index contributed by atoms with van der Waals surface area (Å²) in [6.07, 6.45) is 5.44. The number of benzene rings is 1. The summed E-state index contributed by atoms with van der Waals surface area (Å²) in [4.78, 5) is 8.67. The molecule has 7 nitrogen and oxygen atoms in total.